The number of nitrogens with one attached hydrogen (secondary N) is 2. The largest absolute Gasteiger partial charge is 0.480 e. The number of nitrogens with zero attached hydrogens (tertiary/aromatic N) is 1. The van der Waals surface area contributed by atoms with Gasteiger partial charge in [0.25, 0.3) is 11.6 Å². The Labute approximate surface area is 144 Å². The number of hydrogen-bond acceptors (Lipinski definition) is 4. The molecule has 0 saturated heterocycles. The van der Waals surface area contributed by atoms with Gasteiger partial charge in [0.15, 0.2) is 0 Å². The van der Waals surface area contributed by atoms with E-state index < -0.39 is 22.8 Å². The SMILES string of the molecule is CC(C)(C)CCC(NC(=O)c1c[nH]c2ccc([N+](=O)[O-])cc12)C(=O)O. The third-order valence-electron chi connectivity index (χ3n) is 3.91. The van der Waals surface area contributed by atoms with Crippen molar-refractivity contribution >= 4 is 28.5 Å². The van der Waals surface area contributed by atoms with Gasteiger partial charge < -0.3 is 15.4 Å². The van der Waals surface area contributed by atoms with Crippen molar-refractivity contribution in [3.8, 4) is 0 Å². The molecule has 1 aromatic carbocycles. The van der Waals surface area contributed by atoms with Crippen LogP contribution in [-0.4, -0.2) is 32.9 Å². The minimum absolute atomic E-state index is 0.0557. The van der Waals surface area contributed by atoms with Gasteiger partial charge in [-0.25, -0.2) is 4.79 Å². The standard InChI is InChI=1S/C17H21N3O5/c1-17(2,3)7-6-14(16(22)23)19-15(21)12-9-18-13-5-4-10(20(24)25)8-11(12)13/h4-5,8-9,14,18H,6-7H2,1-3H3,(H,19,21)(H,22,23). The van der Waals surface area contributed by atoms with Gasteiger partial charge in [-0.3, -0.25) is 14.9 Å². The molecule has 0 spiro atoms. The lowest BCUT2D eigenvalue weighted by Gasteiger charge is -2.21. The predicted molar refractivity (Wildman–Crippen MR) is 92.5 cm³/mol. The molecule has 1 unspecified atom stereocenters. The third-order valence-corrected chi connectivity index (χ3v) is 3.91. The quantitative estimate of drug-likeness (QED) is 0.547. The molecule has 134 valence electrons. The van der Waals surface area contributed by atoms with Crippen LogP contribution in [0.2, 0.25) is 0 Å². The van der Waals surface area contributed by atoms with Crippen LogP contribution in [0, 0.1) is 15.5 Å². The molecule has 0 aliphatic heterocycles. The summed E-state index contributed by atoms with van der Waals surface area (Å²) in [5, 5.41) is 23.1. The van der Waals surface area contributed by atoms with Crippen molar-refractivity contribution in [3.63, 3.8) is 0 Å². The molecule has 3 N–H and O–H groups in total. The Morgan fingerprint density at radius 3 is 2.60 bits per heavy atom. The molecular formula is C17H21N3O5. The Bertz CT molecular complexity index is 819. The number of aromatic nitrogens is 1. The molecule has 8 nitrogen and oxygen atoms in total. The van der Waals surface area contributed by atoms with Gasteiger partial charge in [-0.1, -0.05) is 20.8 Å². The zero-order chi connectivity index (χ0) is 18.8. The van der Waals surface area contributed by atoms with Crippen LogP contribution in [0.3, 0.4) is 0 Å². The van der Waals surface area contributed by atoms with Crippen molar-refractivity contribution < 1.29 is 19.6 Å². The lowest BCUT2D eigenvalue weighted by Crippen LogP contribution is -2.41. The van der Waals surface area contributed by atoms with Crippen LogP contribution in [0.5, 0.6) is 0 Å². The second-order valence-corrected chi connectivity index (χ2v) is 7.15. The Morgan fingerprint density at radius 1 is 1.36 bits per heavy atom. The Kier molecular flexibility index (Phi) is 5.10. The highest BCUT2D eigenvalue weighted by molar-refractivity contribution is 6.08. The van der Waals surface area contributed by atoms with Crippen LogP contribution in [0.4, 0.5) is 5.69 Å². The van der Waals surface area contributed by atoms with Crippen molar-refractivity contribution in [2.75, 3.05) is 0 Å². The Balaban J connectivity index is 2.24. The second-order valence-electron chi connectivity index (χ2n) is 7.15. The van der Waals surface area contributed by atoms with E-state index in [4.69, 9.17) is 0 Å². The highest BCUT2D eigenvalue weighted by Gasteiger charge is 2.24. The minimum Gasteiger partial charge on any atom is -0.480 e. The number of carboxylic acids is 1. The van der Waals surface area contributed by atoms with Crippen LogP contribution in [-0.2, 0) is 4.79 Å². The Hall–Kier alpha value is -2.90. The molecule has 1 amide bonds. The van der Waals surface area contributed by atoms with E-state index in [1.54, 1.807) is 0 Å². The summed E-state index contributed by atoms with van der Waals surface area (Å²) in [7, 11) is 0. The summed E-state index contributed by atoms with van der Waals surface area (Å²) >= 11 is 0. The number of carbonyl (C=O) groups is 2. The van der Waals surface area contributed by atoms with Crippen molar-refractivity contribution in [1.82, 2.24) is 10.3 Å². The number of benzene rings is 1. The number of carboxylic acid groups (broad SMARTS) is 1. The van der Waals surface area contributed by atoms with Gasteiger partial charge in [0.05, 0.1) is 10.5 Å². The van der Waals surface area contributed by atoms with Crippen LogP contribution in [0.1, 0.15) is 44.0 Å². The molecule has 0 fully saturated rings. The van der Waals surface area contributed by atoms with Crippen LogP contribution in [0.15, 0.2) is 24.4 Å². The minimum atomic E-state index is -1.11. The van der Waals surface area contributed by atoms with Gasteiger partial charge in [-0.05, 0) is 24.3 Å². The van der Waals surface area contributed by atoms with Crippen LogP contribution < -0.4 is 5.32 Å². The molecular weight excluding hydrogens is 326 g/mol. The van der Waals surface area contributed by atoms with E-state index in [2.05, 4.69) is 10.3 Å². The molecule has 1 aromatic heterocycles. The van der Waals surface area contributed by atoms with Gasteiger partial charge in [0.1, 0.15) is 6.04 Å². The maximum absolute atomic E-state index is 12.5. The van der Waals surface area contributed by atoms with E-state index >= 15 is 0 Å². The summed E-state index contributed by atoms with van der Waals surface area (Å²) in [6, 6.07) is 3.13. The number of fused-ring (bicyclic) bond motifs is 1. The summed E-state index contributed by atoms with van der Waals surface area (Å²) in [6.45, 7) is 5.98. The number of amides is 1. The van der Waals surface area contributed by atoms with E-state index in [0.717, 1.165) is 0 Å². The normalized spacial score (nSPS) is 12.8. The maximum atomic E-state index is 12.5. The third kappa shape index (κ3) is 4.56. The van der Waals surface area contributed by atoms with E-state index in [0.29, 0.717) is 23.7 Å². The molecule has 0 radical (unpaired) electrons. The first-order valence-corrected chi connectivity index (χ1v) is 7.88. The number of nitro groups is 1. The molecule has 0 saturated carbocycles. The van der Waals surface area contributed by atoms with E-state index in [-0.39, 0.29) is 16.7 Å². The van der Waals surface area contributed by atoms with E-state index in [9.17, 15) is 24.8 Å². The summed E-state index contributed by atoms with van der Waals surface area (Å²) in [4.78, 5) is 37.1. The highest BCUT2D eigenvalue weighted by Crippen LogP contribution is 2.25. The molecule has 0 bridgehead atoms. The summed E-state index contributed by atoms with van der Waals surface area (Å²) in [5.74, 6) is -1.68. The van der Waals surface area contributed by atoms with Gasteiger partial charge in [0.2, 0.25) is 0 Å². The molecule has 0 aliphatic carbocycles. The first-order valence-electron chi connectivity index (χ1n) is 7.88. The van der Waals surface area contributed by atoms with Gasteiger partial charge in [-0.15, -0.1) is 0 Å². The second kappa shape index (κ2) is 6.92. The topological polar surface area (TPSA) is 125 Å². The number of H-pyrrole nitrogens is 1. The average molecular weight is 347 g/mol. The summed E-state index contributed by atoms with van der Waals surface area (Å²) in [6.07, 6.45) is 2.35. The first kappa shape index (κ1) is 18.4. The molecule has 2 aromatic rings. The highest BCUT2D eigenvalue weighted by atomic mass is 16.6. The van der Waals surface area contributed by atoms with Crippen molar-refractivity contribution in [2.45, 2.75) is 39.7 Å². The van der Waals surface area contributed by atoms with Gasteiger partial charge in [0, 0.05) is 29.2 Å². The fraction of sp³-hybridized carbons (Fsp3) is 0.412. The van der Waals surface area contributed by atoms with Gasteiger partial charge in [-0.2, -0.15) is 0 Å². The molecule has 2 rings (SSSR count). The molecule has 1 heterocycles. The lowest BCUT2D eigenvalue weighted by molar-refractivity contribution is -0.384. The van der Waals surface area contributed by atoms with Crippen molar-refractivity contribution in [2.24, 2.45) is 5.41 Å². The van der Waals surface area contributed by atoms with Gasteiger partial charge >= 0.3 is 5.97 Å². The molecule has 8 heteroatoms. The number of carbonyl (C=O) groups excluding carboxylic acids is 1. The lowest BCUT2D eigenvalue weighted by atomic mass is 9.88. The number of rotatable bonds is 6. The fourth-order valence-corrected chi connectivity index (χ4v) is 2.48. The van der Waals surface area contributed by atoms with Crippen molar-refractivity contribution in [3.05, 3.63) is 40.1 Å². The number of aliphatic carboxylic acids is 1. The average Bonchev–Trinajstić information content (AvgIpc) is 2.92. The maximum Gasteiger partial charge on any atom is 0.326 e. The summed E-state index contributed by atoms with van der Waals surface area (Å²) in [5.41, 5.74) is 0.557. The first-order chi connectivity index (χ1) is 11.6. The number of non-ortho nitro benzene ring substituents is 1. The number of hydrogen-bond donors (Lipinski definition) is 3. The number of aromatic amines is 1. The van der Waals surface area contributed by atoms with E-state index in [1.165, 1.54) is 24.4 Å². The van der Waals surface area contributed by atoms with Crippen LogP contribution >= 0.6 is 0 Å². The zero-order valence-electron chi connectivity index (χ0n) is 14.3. The predicted octanol–water partition coefficient (Wildman–Crippen LogP) is 3.09. The molecule has 25 heavy (non-hydrogen) atoms. The van der Waals surface area contributed by atoms with Crippen molar-refractivity contribution in [1.29, 1.82) is 0 Å². The molecule has 0 aliphatic rings. The zero-order valence-corrected chi connectivity index (χ0v) is 14.3. The van der Waals surface area contributed by atoms with Crippen LogP contribution in [0.25, 0.3) is 10.9 Å². The Morgan fingerprint density at radius 2 is 2.04 bits per heavy atom. The fourth-order valence-electron chi connectivity index (χ4n) is 2.48. The summed E-state index contributed by atoms with van der Waals surface area (Å²) < 4.78 is 0. The molecule has 1 atom stereocenters. The smallest absolute Gasteiger partial charge is 0.326 e. The monoisotopic (exact) mass is 347 g/mol. The number of nitro benzene ring substituents is 1. The van der Waals surface area contributed by atoms with E-state index in [1.807, 2.05) is 20.8 Å².